The van der Waals surface area contributed by atoms with Gasteiger partial charge >= 0.3 is 0 Å². The van der Waals surface area contributed by atoms with Crippen LogP contribution in [0.4, 0.5) is 11.4 Å². The number of benzene rings is 4. The fourth-order valence-corrected chi connectivity index (χ4v) is 3.93. The largest absolute Gasteiger partial charge is 0.370 e. The predicted molar refractivity (Wildman–Crippen MR) is 163 cm³/mol. The van der Waals surface area contributed by atoms with Gasteiger partial charge in [0.05, 0.1) is 5.69 Å². The van der Waals surface area contributed by atoms with Crippen molar-refractivity contribution in [1.29, 1.82) is 0 Å². The maximum atomic E-state index is 4.69. The van der Waals surface area contributed by atoms with Crippen LogP contribution < -0.4 is 4.90 Å². The van der Waals surface area contributed by atoms with Crippen LogP contribution in [0.1, 0.15) is 43.0 Å². The minimum Gasteiger partial charge on any atom is -0.370 e. The molecule has 36 heavy (non-hydrogen) atoms. The van der Waals surface area contributed by atoms with Gasteiger partial charge in [-0.25, -0.2) is 0 Å². The molecule has 0 saturated heterocycles. The second-order valence-corrected chi connectivity index (χ2v) is 8.03. The Balaban J connectivity index is 0.000000419. The molecule has 0 saturated carbocycles. The second-order valence-electron chi connectivity index (χ2n) is 8.03. The topological polar surface area (TPSA) is 15.6 Å². The standard InChI is InChI=1S/C21H20N2.C7H8.C2H6.C2H4.C2H2/c1-14-7-9-16(10-8-14)13-23(3)20-12-11-19-21-17(15(2)22-19)5-4-6-18(20)21;1-7-5-3-2-4-6-7;3*1-2/h4-12H,13H2,1-3H3;2-6H,1H3;1-2H3;1-2H2;1-2H. The normalized spacial score (nSPS) is 10.1. The van der Waals surface area contributed by atoms with Crippen molar-refractivity contribution in [1.82, 2.24) is 0 Å². The van der Waals surface area contributed by atoms with E-state index in [9.17, 15) is 0 Å². The second kappa shape index (κ2) is 15.7. The monoisotopic (exact) mass is 476 g/mol. The highest BCUT2D eigenvalue weighted by atomic mass is 15.1. The molecule has 0 amide bonds. The first-order valence-corrected chi connectivity index (χ1v) is 12.3. The molecule has 0 unspecified atom stereocenters. The van der Waals surface area contributed by atoms with E-state index in [1.54, 1.807) is 0 Å². The SMILES string of the molecule is C#C.C=C.CC.CC1=Nc2ccc(N(C)Cc3ccc(C)cc3)c3cccc1c23.Cc1ccccc1. The lowest BCUT2D eigenvalue weighted by Crippen LogP contribution is -2.16. The number of aryl methyl sites for hydroxylation is 2. The Bertz CT molecular complexity index is 1250. The lowest BCUT2D eigenvalue weighted by Gasteiger charge is -2.22. The van der Waals surface area contributed by atoms with Gasteiger partial charge in [0.2, 0.25) is 0 Å². The molecule has 186 valence electrons. The Morgan fingerprint density at radius 3 is 1.86 bits per heavy atom. The summed E-state index contributed by atoms with van der Waals surface area (Å²) >= 11 is 0. The minimum absolute atomic E-state index is 0.902. The van der Waals surface area contributed by atoms with Gasteiger partial charge < -0.3 is 4.90 Å². The Morgan fingerprint density at radius 2 is 1.31 bits per heavy atom. The highest BCUT2D eigenvalue weighted by Gasteiger charge is 2.18. The molecule has 0 radical (unpaired) electrons. The number of terminal acetylenes is 1. The van der Waals surface area contributed by atoms with Crippen molar-refractivity contribution in [3.8, 4) is 12.8 Å². The average Bonchev–Trinajstić information content (AvgIpc) is 3.26. The highest BCUT2D eigenvalue weighted by molar-refractivity contribution is 6.21. The molecule has 0 atom stereocenters. The molecular weight excluding hydrogens is 436 g/mol. The number of hydrogen-bond acceptors (Lipinski definition) is 2. The lowest BCUT2D eigenvalue weighted by molar-refractivity contribution is 0.927. The molecule has 0 fully saturated rings. The van der Waals surface area contributed by atoms with Crippen molar-refractivity contribution in [2.75, 3.05) is 11.9 Å². The lowest BCUT2D eigenvalue weighted by atomic mass is 10.0. The van der Waals surface area contributed by atoms with Gasteiger partial charge in [-0.15, -0.1) is 26.0 Å². The molecule has 0 bridgehead atoms. The Morgan fingerprint density at radius 1 is 0.722 bits per heavy atom. The van der Waals surface area contributed by atoms with Gasteiger partial charge in [-0.3, -0.25) is 4.99 Å². The van der Waals surface area contributed by atoms with Crippen LogP contribution in [-0.4, -0.2) is 12.8 Å². The highest BCUT2D eigenvalue weighted by Crippen LogP contribution is 2.40. The predicted octanol–water partition coefficient (Wildman–Crippen LogP) is 9.31. The Hall–Kier alpha value is -4.09. The fourth-order valence-electron chi connectivity index (χ4n) is 3.93. The quantitative estimate of drug-likeness (QED) is 0.212. The van der Waals surface area contributed by atoms with E-state index in [0.29, 0.717) is 0 Å². The van der Waals surface area contributed by atoms with E-state index < -0.39 is 0 Å². The van der Waals surface area contributed by atoms with Crippen LogP contribution >= 0.6 is 0 Å². The fraction of sp³-hybridized carbons (Fsp3) is 0.206. The molecule has 0 aromatic heterocycles. The number of anilines is 1. The van der Waals surface area contributed by atoms with E-state index in [4.69, 9.17) is 0 Å². The van der Waals surface area contributed by atoms with Crippen molar-refractivity contribution in [2.24, 2.45) is 4.99 Å². The molecule has 4 aromatic rings. The molecule has 2 nitrogen and oxygen atoms in total. The molecule has 0 aliphatic carbocycles. The zero-order chi connectivity index (χ0) is 27.1. The molecule has 4 aromatic carbocycles. The summed E-state index contributed by atoms with van der Waals surface area (Å²) in [6.45, 7) is 17.2. The maximum absolute atomic E-state index is 4.69. The third kappa shape index (κ3) is 7.72. The number of nitrogens with zero attached hydrogens (tertiary/aromatic N) is 2. The van der Waals surface area contributed by atoms with E-state index in [2.05, 4.69) is 130 Å². The molecular formula is C34H40N2. The van der Waals surface area contributed by atoms with E-state index >= 15 is 0 Å². The van der Waals surface area contributed by atoms with Crippen molar-refractivity contribution >= 4 is 27.9 Å². The summed E-state index contributed by atoms with van der Waals surface area (Å²) in [7, 11) is 2.16. The van der Waals surface area contributed by atoms with Gasteiger partial charge in [-0.2, -0.15) is 0 Å². The van der Waals surface area contributed by atoms with Crippen LogP contribution in [0.3, 0.4) is 0 Å². The van der Waals surface area contributed by atoms with Crippen LogP contribution in [0.15, 0.2) is 103 Å². The van der Waals surface area contributed by atoms with E-state index in [1.165, 1.54) is 38.7 Å². The van der Waals surface area contributed by atoms with E-state index in [1.807, 2.05) is 32.0 Å². The molecule has 1 aliphatic rings. The average molecular weight is 477 g/mol. The summed E-state index contributed by atoms with van der Waals surface area (Å²) in [5.41, 5.74) is 8.69. The zero-order valence-corrected chi connectivity index (χ0v) is 22.8. The first-order valence-electron chi connectivity index (χ1n) is 12.3. The van der Waals surface area contributed by atoms with Gasteiger partial charge in [-0.1, -0.05) is 97.8 Å². The van der Waals surface area contributed by atoms with Crippen molar-refractivity contribution in [2.45, 2.75) is 41.2 Å². The first kappa shape index (κ1) is 29.9. The van der Waals surface area contributed by atoms with Crippen molar-refractivity contribution in [3.63, 3.8) is 0 Å². The zero-order valence-electron chi connectivity index (χ0n) is 22.8. The molecule has 0 N–H and O–H groups in total. The van der Waals surface area contributed by atoms with Gasteiger partial charge in [0, 0.05) is 41.3 Å². The van der Waals surface area contributed by atoms with Gasteiger partial charge in [-0.05, 0) is 38.5 Å². The van der Waals surface area contributed by atoms with Crippen LogP contribution in [0.25, 0.3) is 10.8 Å². The molecule has 0 spiro atoms. The first-order chi connectivity index (χ1) is 17.5. The van der Waals surface area contributed by atoms with Crippen LogP contribution in [0.5, 0.6) is 0 Å². The summed E-state index contributed by atoms with van der Waals surface area (Å²) in [4.78, 5) is 7.01. The Labute approximate surface area is 219 Å². The summed E-state index contributed by atoms with van der Waals surface area (Å²) < 4.78 is 0. The van der Waals surface area contributed by atoms with Crippen molar-refractivity contribution < 1.29 is 0 Å². The van der Waals surface area contributed by atoms with Crippen molar-refractivity contribution in [3.05, 3.63) is 120 Å². The molecule has 1 heterocycles. The number of aliphatic imine (C=N–C) groups is 1. The van der Waals surface area contributed by atoms with E-state index in [-0.39, 0.29) is 0 Å². The molecule has 2 heteroatoms. The van der Waals surface area contributed by atoms with Gasteiger partial charge in [0.1, 0.15) is 0 Å². The number of hydrogen-bond donors (Lipinski definition) is 0. The summed E-state index contributed by atoms with van der Waals surface area (Å²) in [6, 6.07) is 29.9. The third-order valence-electron chi connectivity index (χ3n) is 5.57. The number of rotatable bonds is 3. The molecule has 1 aliphatic heterocycles. The summed E-state index contributed by atoms with van der Waals surface area (Å²) in [6.07, 6.45) is 8.00. The van der Waals surface area contributed by atoms with Crippen LogP contribution in [-0.2, 0) is 6.54 Å². The van der Waals surface area contributed by atoms with Crippen LogP contribution in [0, 0.1) is 26.7 Å². The third-order valence-corrected chi connectivity index (χ3v) is 5.57. The summed E-state index contributed by atoms with van der Waals surface area (Å²) in [5.74, 6) is 0. The van der Waals surface area contributed by atoms with Crippen LogP contribution in [0.2, 0.25) is 0 Å². The Kier molecular flexibility index (Phi) is 13.1. The maximum Gasteiger partial charge on any atom is 0.0719 e. The molecule has 5 rings (SSSR count). The van der Waals surface area contributed by atoms with Gasteiger partial charge in [0.15, 0.2) is 0 Å². The van der Waals surface area contributed by atoms with Gasteiger partial charge in [0.25, 0.3) is 0 Å². The minimum atomic E-state index is 0.902. The summed E-state index contributed by atoms with van der Waals surface area (Å²) in [5, 5.41) is 2.58. The van der Waals surface area contributed by atoms with E-state index in [0.717, 1.165) is 17.9 Å². The smallest absolute Gasteiger partial charge is 0.0719 e.